The zero-order valence-electron chi connectivity index (χ0n) is 14.4. The number of benzene rings is 1. The van der Waals surface area contributed by atoms with Gasteiger partial charge in [-0.15, -0.1) is 0 Å². The van der Waals surface area contributed by atoms with Crippen LogP contribution in [0.3, 0.4) is 0 Å². The highest BCUT2D eigenvalue weighted by atomic mass is 16.5. The Kier molecular flexibility index (Phi) is 3.87. The molecule has 1 aromatic carbocycles. The predicted molar refractivity (Wildman–Crippen MR) is 93.4 cm³/mol. The molecule has 4 rings (SSSR count). The van der Waals surface area contributed by atoms with Crippen molar-refractivity contribution in [3.63, 3.8) is 0 Å². The van der Waals surface area contributed by atoms with Gasteiger partial charge in [0.15, 0.2) is 0 Å². The number of carbonyl (C=O) groups excluding carboxylic acids is 1. The fourth-order valence-electron chi connectivity index (χ4n) is 3.52. The highest BCUT2D eigenvalue weighted by Gasteiger charge is 2.30. The molecular weight excluding hydrogens is 316 g/mol. The Morgan fingerprint density at radius 1 is 1.28 bits per heavy atom. The number of rotatable bonds is 4. The molecule has 0 unspecified atom stereocenters. The van der Waals surface area contributed by atoms with E-state index < -0.39 is 0 Å². The highest BCUT2D eigenvalue weighted by Crippen LogP contribution is 2.36. The molecule has 128 valence electrons. The molecule has 6 heteroatoms. The summed E-state index contributed by atoms with van der Waals surface area (Å²) in [5.41, 5.74) is 6.66. The van der Waals surface area contributed by atoms with Gasteiger partial charge in [-0.1, -0.05) is 30.3 Å². The first-order valence-electron chi connectivity index (χ1n) is 8.52. The van der Waals surface area contributed by atoms with Crippen molar-refractivity contribution in [1.82, 2.24) is 20.0 Å². The van der Waals surface area contributed by atoms with Crippen LogP contribution in [0.4, 0.5) is 0 Å². The number of aryl methyl sites for hydroxylation is 1. The van der Waals surface area contributed by atoms with Gasteiger partial charge in [0.05, 0.1) is 18.0 Å². The van der Waals surface area contributed by atoms with Crippen molar-refractivity contribution in [2.24, 2.45) is 7.05 Å². The third-order valence-electron chi connectivity index (χ3n) is 4.65. The first-order valence-corrected chi connectivity index (χ1v) is 8.52. The standard InChI is InChI=1S/C19H20N4O2/c1-3-25-19(24)18-13-9-10-15-16(17(13)20-21-18)14(22-23(15)2)11-12-7-5-4-6-8-12/h4-8H,3,9-11H2,1-2H3,(H,20,21). The van der Waals surface area contributed by atoms with E-state index in [4.69, 9.17) is 9.84 Å². The van der Waals surface area contributed by atoms with Crippen LogP contribution in [0, 0.1) is 0 Å². The topological polar surface area (TPSA) is 72.8 Å². The van der Waals surface area contributed by atoms with Crippen LogP contribution in [0.1, 0.15) is 39.9 Å². The number of nitrogens with zero attached hydrogens (tertiary/aromatic N) is 3. The van der Waals surface area contributed by atoms with E-state index in [0.29, 0.717) is 12.3 Å². The van der Waals surface area contributed by atoms with Gasteiger partial charge in [-0.05, 0) is 25.3 Å². The van der Waals surface area contributed by atoms with Crippen LogP contribution in [0.25, 0.3) is 11.3 Å². The zero-order chi connectivity index (χ0) is 17.4. The van der Waals surface area contributed by atoms with Crippen molar-refractivity contribution in [2.75, 3.05) is 6.61 Å². The van der Waals surface area contributed by atoms with Crippen molar-refractivity contribution >= 4 is 5.97 Å². The van der Waals surface area contributed by atoms with E-state index in [2.05, 4.69) is 22.3 Å². The monoisotopic (exact) mass is 336 g/mol. The van der Waals surface area contributed by atoms with Crippen molar-refractivity contribution < 1.29 is 9.53 Å². The maximum Gasteiger partial charge on any atom is 0.356 e. The van der Waals surface area contributed by atoms with Gasteiger partial charge < -0.3 is 4.74 Å². The van der Waals surface area contributed by atoms with Gasteiger partial charge >= 0.3 is 5.97 Å². The van der Waals surface area contributed by atoms with Gasteiger partial charge in [0.25, 0.3) is 0 Å². The van der Waals surface area contributed by atoms with Crippen LogP contribution in [-0.4, -0.2) is 32.6 Å². The van der Waals surface area contributed by atoms with Crippen LogP contribution in [0.15, 0.2) is 30.3 Å². The normalized spacial score (nSPS) is 12.6. The van der Waals surface area contributed by atoms with E-state index in [0.717, 1.165) is 41.8 Å². The lowest BCUT2D eigenvalue weighted by atomic mass is 9.90. The van der Waals surface area contributed by atoms with Gasteiger partial charge in [0.1, 0.15) is 5.69 Å². The number of aromatic amines is 1. The molecule has 2 heterocycles. The van der Waals surface area contributed by atoms with Crippen LogP contribution >= 0.6 is 0 Å². The summed E-state index contributed by atoms with van der Waals surface area (Å²) in [6.07, 6.45) is 2.34. The third kappa shape index (κ3) is 2.63. The van der Waals surface area contributed by atoms with Crippen molar-refractivity contribution in [2.45, 2.75) is 26.2 Å². The second kappa shape index (κ2) is 6.20. The average molecular weight is 336 g/mol. The Balaban J connectivity index is 1.78. The first kappa shape index (κ1) is 15.6. The largest absolute Gasteiger partial charge is 0.461 e. The summed E-state index contributed by atoms with van der Waals surface area (Å²) in [4.78, 5) is 12.2. The van der Waals surface area contributed by atoms with Crippen molar-refractivity contribution in [3.05, 3.63) is 58.5 Å². The van der Waals surface area contributed by atoms with E-state index in [1.54, 1.807) is 6.92 Å². The third-order valence-corrected chi connectivity index (χ3v) is 4.65. The number of fused-ring (bicyclic) bond motifs is 3. The quantitative estimate of drug-likeness (QED) is 0.744. The molecule has 0 atom stereocenters. The molecule has 0 fully saturated rings. The maximum absolute atomic E-state index is 12.2. The molecule has 1 aliphatic carbocycles. The number of H-pyrrole nitrogens is 1. The number of nitrogens with one attached hydrogen (secondary N) is 1. The maximum atomic E-state index is 12.2. The molecule has 1 N–H and O–H groups in total. The number of hydrogen-bond donors (Lipinski definition) is 1. The summed E-state index contributed by atoms with van der Waals surface area (Å²) >= 11 is 0. The summed E-state index contributed by atoms with van der Waals surface area (Å²) in [6, 6.07) is 10.3. The van der Waals surface area contributed by atoms with E-state index in [-0.39, 0.29) is 5.97 Å². The van der Waals surface area contributed by atoms with Gasteiger partial charge in [-0.3, -0.25) is 9.78 Å². The van der Waals surface area contributed by atoms with Crippen molar-refractivity contribution in [3.8, 4) is 11.3 Å². The van der Waals surface area contributed by atoms with Crippen LogP contribution < -0.4 is 0 Å². The molecule has 0 saturated heterocycles. The number of ether oxygens (including phenoxy) is 1. The number of carbonyl (C=O) groups is 1. The molecule has 6 nitrogen and oxygen atoms in total. The molecule has 0 saturated carbocycles. The number of aromatic nitrogens is 4. The molecule has 0 amide bonds. The Morgan fingerprint density at radius 2 is 2.08 bits per heavy atom. The second-order valence-electron chi connectivity index (χ2n) is 6.20. The van der Waals surface area contributed by atoms with Gasteiger partial charge in [-0.2, -0.15) is 10.2 Å². The smallest absolute Gasteiger partial charge is 0.356 e. The van der Waals surface area contributed by atoms with E-state index in [9.17, 15) is 4.79 Å². The van der Waals surface area contributed by atoms with Gasteiger partial charge in [-0.25, -0.2) is 4.79 Å². The number of esters is 1. The Morgan fingerprint density at radius 3 is 2.84 bits per heavy atom. The molecule has 25 heavy (non-hydrogen) atoms. The molecule has 0 spiro atoms. The minimum atomic E-state index is -0.340. The van der Waals surface area contributed by atoms with Crippen LogP contribution in [0.2, 0.25) is 0 Å². The lowest BCUT2D eigenvalue weighted by Crippen LogP contribution is -2.12. The van der Waals surface area contributed by atoms with E-state index >= 15 is 0 Å². The summed E-state index contributed by atoms with van der Waals surface area (Å²) in [6.45, 7) is 2.15. The molecular formula is C19H20N4O2. The summed E-state index contributed by atoms with van der Waals surface area (Å²) < 4.78 is 7.08. The van der Waals surface area contributed by atoms with Gasteiger partial charge in [0, 0.05) is 30.3 Å². The SMILES string of the molecule is CCOC(=O)c1[nH]nc2c1CCc1c-2c(Cc2ccccc2)nn1C. The second-order valence-corrected chi connectivity index (χ2v) is 6.20. The fraction of sp³-hybridized carbons (Fsp3) is 0.316. The fourth-order valence-corrected chi connectivity index (χ4v) is 3.52. The highest BCUT2D eigenvalue weighted by molar-refractivity contribution is 5.92. The van der Waals surface area contributed by atoms with E-state index in [1.807, 2.05) is 29.9 Å². The molecule has 0 aliphatic heterocycles. The first-order chi connectivity index (χ1) is 12.2. The number of hydrogen-bond acceptors (Lipinski definition) is 4. The summed E-state index contributed by atoms with van der Waals surface area (Å²) in [7, 11) is 1.97. The summed E-state index contributed by atoms with van der Waals surface area (Å²) in [5, 5.41) is 12.0. The predicted octanol–water partition coefficient (Wildman–Crippen LogP) is 2.68. The molecule has 1 aliphatic rings. The van der Waals surface area contributed by atoms with Crippen molar-refractivity contribution in [1.29, 1.82) is 0 Å². The average Bonchev–Trinajstić information content (AvgIpc) is 3.17. The Labute approximate surface area is 145 Å². The minimum Gasteiger partial charge on any atom is -0.461 e. The van der Waals surface area contributed by atoms with Crippen LogP contribution in [0.5, 0.6) is 0 Å². The Bertz CT molecular complexity index is 925. The summed E-state index contributed by atoms with van der Waals surface area (Å²) in [5.74, 6) is -0.340. The molecule has 2 aromatic heterocycles. The minimum absolute atomic E-state index is 0.340. The Hall–Kier alpha value is -2.89. The molecule has 0 radical (unpaired) electrons. The zero-order valence-corrected chi connectivity index (χ0v) is 14.4. The lowest BCUT2D eigenvalue weighted by Gasteiger charge is -2.14. The molecule has 3 aromatic rings. The van der Waals surface area contributed by atoms with E-state index in [1.165, 1.54) is 11.3 Å². The lowest BCUT2D eigenvalue weighted by molar-refractivity contribution is 0.0518. The molecule has 0 bridgehead atoms. The van der Waals surface area contributed by atoms with Gasteiger partial charge in [0.2, 0.25) is 0 Å². The van der Waals surface area contributed by atoms with Crippen LogP contribution in [-0.2, 0) is 31.0 Å².